The molecular weight excluding hydrogens is 853 g/mol. The van der Waals surface area contributed by atoms with Crippen LogP contribution in [-0.2, 0) is 19.0 Å². The Morgan fingerprint density at radius 1 is 0.559 bits per heavy atom. The number of carbonyl (C=O) groups excluding carboxylic acids is 1. The fourth-order valence-corrected chi connectivity index (χ4v) is 9.23. The predicted octanol–water partition coefficient (Wildman–Crippen LogP) is 17.9. The zero-order valence-corrected chi connectivity index (χ0v) is 44.2. The second-order valence-corrected chi connectivity index (χ2v) is 20.0. The SMILES string of the molecule is CCCCCCCCCCCCCCCCCCOCC(COC(=O)CCCCCCCCCCCNc1ncc([N+](=O)[O-])c2oncc12)OCCCCCCCCCCCCCCCCCC. The number of carbonyl (C=O) groups is 1. The van der Waals surface area contributed by atoms with Gasteiger partial charge in [-0.1, -0.05) is 257 Å². The number of pyridine rings is 1. The number of fused-ring (bicyclic) bond motifs is 1. The standard InChI is InChI=1S/C57H104N4O7/c1-3-5-7-9-11-13-15-17-19-21-23-25-30-34-38-42-46-65-50-52(66-47-43-39-35-31-26-24-22-20-18-16-14-12-10-8-6-4-2)51-67-55(62)44-40-36-32-28-27-29-33-37-41-45-58-57-53-48-60-68-56(53)54(49-59-57)61(63)64/h48-49,52H,3-47,50-51H2,1-2H3,(H,58,59). The summed E-state index contributed by atoms with van der Waals surface area (Å²) in [5.74, 6) is 0.440. The first-order chi connectivity index (χ1) is 33.6. The molecule has 0 aliphatic heterocycles. The molecule has 68 heavy (non-hydrogen) atoms. The quantitative estimate of drug-likeness (QED) is 0.0295. The second kappa shape index (κ2) is 46.6. The van der Waals surface area contributed by atoms with Crippen molar-refractivity contribution in [2.24, 2.45) is 0 Å². The van der Waals surface area contributed by atoms with E-state index in [1.165, 1.54) is 224 Å². The summed E-state index contributed by atoms with van der Waals surface area (Å²) in [6, 6.07) is 0. The Bertz CT molecular complexity index is 1420. The molecule has 0 saturated heterocycles. The molecule has 1 atom stereocenters. The summed E-state index contributed by atoms with van der Waals surface area (Å²) in [6.07, 6.45) is 56.3. The maximum atomic E-state index is 12.7. The first kappa shape index (κ1) is 61.3. The van der Waals surface area contributed by atoms with Crippen LogP contribution < -0.4 is 5.32 Å². The number of aromatic nitrogens is 2. The summed E-state index contributed by atoms with van der Waals surface area (Å²) >= 11 is 0. The molecule has 1 N–H and O–H groups in total. The molecule has 0 aromatic carbocycles. The Balaban J connectivity index is 1.50. The molecule has 394 valence electrons. The second-order valence-electron chi connectivity index (χ2n) is 20.0. The molecule has 0 saturated carbocycles. The number of esters is 1. The molecule has 0 spiro atoms. The third kappa shape index (κ3) is 35.3. The Kier molecular flexibility index (Phi) is 42.0. The van der Waals surface area contributed by atoms with Crippen molar-refractivity contribution in [1.82, 2.24) is 10.1 Å². The van der Waals surface area contributed by atoms with Crippen LogP contribution in [0.1, 0.15) is 284 Å². The Morgan fingerprint density at radius 3 is 1.43 bits per heavy atom. The van der Waals surface area contributed by atoms with E-state index in [1.54, 1.807) is 0 Å². The van der Waals surface area contributed by atoms with Crippen LogP contribution >= 0.6 is 0 Å². The van der Waals surface area contributed by atoms with Gasteiger partial charge in [-0.25, -0.2) is 4.98 Å². The number of nitrogens with one attached hydrogen (secondary N) is 1. The van der Waals surface area contributed by atoms with Crippen LogP contribution in [0.2, 0.25) is 0 Å². The molecule has 2 heterocycles. The number of ether oxygens (including phenoxy) is 3. The minimum Gasteiger partial charge on any atom is -0.463 e. The van der Waals surface area contributed by atoms with Gasteiger partial charge in [0.2, 0.25) is 5.58 Å². The zero-order valence-electron chi connectivity index (χ0n) is 44.2. The van der Waals surface area contributed by atoms with Gasteiger partial charge in [-0.3, -0.25) is 14.9 Å². The van der Waals surface area contributed by atoms with E-state index in [0.29, 0.717) is 30.8 Å². The van der Waals surface area contributed by atoms with E-state index in [2.05, 4.69) is 29.3 Å². The van der Waals surface area contributed by atoms with E-state index in [0.717, 1.165) is 64.5 Å². The number of hydrogen-bond donors (Lipinski definition) is 1. The molecule has 0 radical (unpaired) electrons. The van der Waals surface area contributed by atoms with Crippen LogP contribution in [0.5, 0.6) is 0 Å². The van der Waals surface area contributed by atoms with E-state index in [1.807, 2.05) is 0 Å². The van der Waals surface area contributed by atoms with Crippen LogP contribution in [0.3, 0.4) is 0 Å². The lowest BCUT2D eigenvalue weighted by atomic mass is 10.0. The monoisotopic (exact) mass is 957 g/mol. The maximum Gasteiger partial charge on any atom is 0.333 e. The van der Waals surface area contributed by atoms with Crippen molar-refractivity contribution in [2.45, 2.75) is 290 Å². The minimum absolute atomic E-state index is 0.124. The van der Waals surface area contributed by atoms with Gasteiger partial charge in [0.1, 0.15) is 24.7 Å². The van der Waals surface area contributed by atoms with E-state index in [9.17, 15) is 14.9 Å². The number of rotatable bonds is 53. The zero-order chi connectivity index (χ0) is 48.6. The third-order valence-electron chi connectivity index (χ3n) is 13.6. The van der Waals surface area contributed by atoms with Crippen molar-refractivity contribution in [3.8, 4) is 0 Å². The Morgan fingerprint density at radius 2 is 0.971 bits per heavy atom. The lowest BCUT2D eigenvalue weighted by molar-refractivity contribution is -0.384. The highest BCUT2D eigenvalue weighted by Crippen LogP contribution is 2.29. The third-order valence-corrected chi connectivity index (χ3v) is 13.6. The molecule has 0 bridgehead atoms. The summed E-state index contributed by atoms with van der Waals surface area (Å²) < 4.78 is 23.2. The van der Waals surface area contributed by atoms with Crippen LogP contribution in [0, 0.1) is 10.1 Å². The number of anilines is 1. The molecule has 0 amide bonds. The fourth-order valence-electron chi connectivity index (χ4n) is 9.23. The molecule has 0 fully saturated rings. The normalized spacial score (nSPS) is 12.0. The van der Waals surface area contributed by atoms with Gasteiger partial charge in [0.05, 0.1) is 23.1 Å². The van der Waals surface area contributed by atoms with Gasteiger partial charge in [-0.2, -0.15) is 0 Å². The highest BCUT2D eigenvalue weighted by Gasteiger charge is 2.20. The van der Waals surface area contributed by atoms with Gasteiger partial charge in [0.25, 0.3) is 0 Å². The van der Waals surface area contributed by atoms with Crippen molar-refractivity contribution >= 4 is 28.4 Å². The number of hydrogen-bond acceptors (Lipinski definition) is 10. The van der Waals surface area contributed by atoms with E-state index < -0.39 is 4.92 Å². The van der Waals surface area contributed by atoms with E-state index >= 15 is 0 Å². The van der Waals surface area contributed by atoms with Crippen molar-refractivity contribution in [3.05, 3.63) is 22.5 Å². The van der Waals surface area contributed by atoms with E-state index in [-0.39, 0.29) is 30.0 Å². The van der Waals surface area contributed by atoms with Crippen LogP contribution in [0.15, 0.2) is 16.9 Å². The molecular formula is C57H104N4O7. The number of nitrogens with zero attached hydrogens (tertiary/aromatic N) is 3. The Hall–Kier alpha value is -2.79. The molecule has 2 aromatic rings. The average Bonchev–Trinajstić information content (AvgIpc) is 3.84. The van der Waals surface area contributed by atoms with Crippen molar-refractivity contribution in [1.29, 1.82) is 0 Å². The smallest absolute Gasteiger partial charge is 0.333 e. The Labute approximate surface area is 416 Å². The van der Waals surface area contributed by atoms with Gasteiger partial charge in [0, 0.05) is 26.2 Å². The molecule has 2 aromatic heterocycles. The first-order valence-corrected chi connectivity index (χ1v) is 29.0. The summed E-state index contributed by atoms with van der Waals surface area (Å²) in [7, 11) is 0. The van der Waals surface area contributed by atoms with Gasteiger partial charge in [-0.15, -0.1) is 0 Å². The lowest BCUT2D eigenvalue weighted by Gasteiger charge is -2.18. The maximum absolute atomic E-state index is 12.7. The van der Waals surface area contributed by atoms with Gasteiger partial charge in [-0.05, 0) is 25.7 Å². The van der Waals surface area contributed by atoms with Crippen LogP contribution in [0.4, 0.5) is 11.5 Å². The molecule has 0 aliphatic carbocycles. The average molecular weight is 957 g/mol. The molecule has 1 unspecified atom stereocenters. The molecule has 11 nitrogen and oxygen atoms in total. The highest BCUT2D eigenvalue weighted by atomic mass is 16.6. The summed E-state index contributed by atoms with van der Waals surface area (Å²) in [6.45, 7) is 7.54. The van der Waals surface area contributed by atoms with Gasteiger partial charge >= 0.3 is 11.7 Å². The highest BCUT2D eigenvalue weighted by molar-refractivity contribution is 5.92. The first-order valence-electron chi connectivity index (χ1n) is 29.0. The molecule has 0 aliphatic rings. The van der Waals surface area contributed by atoms with Crippen molar-refractivity contribution in [2.75, 3.05) is 38.3 Å². The summed E-state index contributed by atoms with van der Waals surface area (Å²) in [5.41, 5.74) is -0.0285. The van der Waals surface area contributed by atoms with Gasteiger partial charge in [0.15, 0.2) is 0 Å². The molecule has 11 heteroatoms. The number of nitro groups is 1. The largest absolute Gasteiger partial charge is 0.463 e. The predicted molar refractivity (Wildman–Crippen MR) is 284 cm³/mol. The van der Waals surface area contributed by atoms with Crippen molar-refractivity contribution in [3.63, 3.8) is 0 Å². The fraction of sp³-hybridized carbons (Fsp3) is 0.877. The van der Waals surface area contributed by atoms with Crippen LogP contribution in [-0.4, -0.2) is 60.1 Å². The summed E-state index contributed by atoms with van der Waals surface area (Å²) in [5, 5.41) is 18.7. The molecule has 2 rings (SSSR count). The van der Waals surface area contributed by atoms with Crippen molar-refractivity contribution < 1.29 is 28.5 Å². The van der Waals surface area contributed by atoms with E-state index in [4.69, 9.17) is 18.7 Å². The number of unbranched alkanes of at least 4 members (excludes halogenated alkanes) is 38. The lowest BCUT2D eigenvalue weighted by Crippen LogP contribution is -2.28. The minimum atomic E-state index is -0.508. The topological polar surface area (TPSA) is 139 Å². The summed E-state index contributed by atoms with van der Waals surface area (Å²) in [4.78, 5) is 27.6. The van der Waals surface area contributed by atoms with Crippen LogP contribution in [0.25, 0.3) is 11.0 Å². The van der Waals surface area contributed by atoms with Gasteiger partial charge < -0.3 is 24.1 Å².